The topological polar surface area (TPSA) is 26.3 Å². The van der Waals surface area contributed by atoms with E-state index < -0.39 is 0 Å². The van der Waals surface area contributed by atoms with E-state index in [-0.39, 0.29) is 5.78 Å². The predicted octanol–water partition coefficient (Wildman–Crippen LogP) is 4.43. The van der Waals surface area contributed by atoms with Gasteiger partial charge < -0.3 is 4.74 Å². The van der Waals surface area contributed by atoms with E-state index in [1.807, 2.05) is 31.2 Å². The third-order valence-corrected chi connectivity index (χ3v) is 4.46. The van der Waals surface area contributed by atoms with Crippen LogP contribution < -0.4 is 4.74 Å². The first-order valence-electron chi connectivity index (χ1n) is 7.09. The molecule has 0 fully saturated rings. The van der Waals surface area contributed by atoms with Crippen molar-refractivity contribution in [3.8, 4) is 5.75 Å². The Labute approximate surface area is 133 Å². The third kappa shape index (κ3) is 2.88. The number of Topliss-reactive ketones (excluding diaryl/α,β-unsaturated/α-hetero) is 1. The van der Waals surface area contributed by atoms with Crippen LogP contribution in [0.15, 0.2) is 34.8 Å². The fourth-order valence-electron chi connectivity index (χ4n) is 2.67. The number of ketones is 1. The molecule has 2 aromatic carbocycles. The monoisotopic (exact) mass is 344 g/mol. The van der Waals surface area contributed by atoms with E-state index in [2.05, 4.69) is 28.9 Å². The van der Waals surface area contributed by atoms with Gasteiger partial charge in [-0.25, -0.2) is 0 Å². The van der Waals surface area contributed by atoms with Gasteiger partial charge >= 0.3 is 0 Å². The first-order chi connectivity index (χ1) is 10.0. The Morgan fingerprint density at radius 1 is 1.19 bits per heavy atom. The number of carbonyl (C=O) groups is 1. The number of benzene rings is 2. The largest absolute Gasteiger partial charge is 0.493 e. The molecule has 0 aromatic heterocycles. The second-order valence-corrected chi connectivity index (χ2v) is 6.47. The zero-order valence-electron chi connectivity index (χ0n) is 12.2. The molecule has 0 atom stereocenters. The number of rotatable bonds is 3. The van der Waals surface area contributed by atoms with Crippen LogP contribution in [0.3, 0.4) is 0 Å². The summed E-state index contributed by atoms with van der Waals surface area (Å²) in [6, 6.07) is 9.94. The SMILES string of the molecule is Cc1ccc(C(=O)Cc2cc(Br)cc3c2OCC3)cc1C. The van der Waals surface area contributed by atoms with Gasteiger partial charge in [0, 0.05) is 28.4 Å². The van der Waals surface area contributed by atoms with Gasteiger partial charge in [-0.2, -0.15) is 0 Å². The summed E-state index contributed by atoms with van der Waals surface area (Å²) in [4.78, 5) is 12.5. The molecule has 2 aromatic rings. The average molecular weight is 345 g/mol. The molecular weight excluding hydrogens is 328 g/mol. The number of ether oxygens (including phenoxy) is 1. The maximum absolute atomic E-state index is 12.5. The fraction of sp³-hybridized carbons (Fsp3) is 0.278. The molecule has 3 rings (SSSR count). The second kappa shape index (κ2) is 5.64. The Morgan fingerprint density at radius 3 is 2.76 bits per heavy atom. The smallest absolute Gasteiger partial charge is 0.167 e. The van der Waals surface area contributed by atoms with Crippen molar-refractivity contribution in [3.63, 3.8) is 0 Å². The van der Waals surface area contributed by atoms with Crippen LogP contribution in [0, 0.1) is 13.8 Å². The maximum Gasteiger partial charge on any atom is 0.167 e. The van der Waals surface area contributed by atoms with Crippen molar-refractivity contribution in [1.82, 2.24) is 0 Å². The summed E-state index contributed by atoms with van der Waals surface area (Å²) < 4.78 is 6.70. The predicted molar refractivity (Wildman–Crippen MR) is 87.3 cm³/mol. The van der Waals surface area contributed by atoms with E-state index in [0.717, 1.165) is 33.3 Å². The van der Waals surface area contributed by atoms with Crippen molar-refractivity contribution < 1.29 is 9.53 Å². The number of carbonyl (C=O) groups excluding carboxylic acids is 1. The number of fused-ring (bicyclic) bond motifs is 1. The van der Waals surface area contributed by atoms with Crippen molar-refractivity contribution in [2.45, 2.75) is 26.7 Å². The van der Waals surface area contributed by atoms with Crippen molar-refractivity contribution in [3.05, 3.63) is 62.6 Å². The Hall–Kier alpha value is -1.61. The minimum atomic E-state index is 0.133. The fourth-order valence-corrected chi connectivity index (χ4v) is 3.22. The highest BCUT2D eigenvalue weighted by Crippen LogP contribution is 2.33. The average Bonchev–Trinajstić information content (AvgIpc) is 2.90. The van der Waals surface area contributed by atoms with Gasteiger partial charge in [-0.1, -0.05) is 28.1 Å². The highest BCUT2D eigenvalue weighted by Gasteiger charge is 2.19. The number of halogens is 1. The molecule has 108 valence electrons. The van der Waals surface area contributed by atoms with Crippen LogP contribution in [0.5, 0.6) is 5.75 Å². The molecule has 0 aliphatic carbocycles. The first kappa shape index (κ1) is 14.3. The Kier molecular flexibility index (Phi) is 3.85. The molecule has 0 saturated carbocycles. The first-order valence-corrected chi connectivity index (χ1v) is 7.88. The minimum Gasteiger partial charge on any atom is -0.493 e. The molecule has 1 heterocycles. The van der Waals surface area contributed by atoms with Gasteiger partial charge in [0.1, 0.15) is 5.75 Å². The number of hydrogen-bond donors (Lipinski definition) is 0. The van der Waals surface area contributed by atoms with E-state index in [9.17, 15) is 4.79 Å². The Balaban J connectivity index is 1.90. The molecule has 0 spiro atoms. The molecule has 3 heteroatoms. The van der Waals surface area contributed by atoms with Crippen molar-refractivity contribution >= 4 is 21.7 Å². The molecule has 0 unspecified atom stereocenters. The van der Waals surface area contributed by atoms with Gasteiger partial charge in [-0.05, 0) is 48.7 Å². The molecular formula is C18H17BrO2. The molecule has 0 bridgehead atoms. The second-order valence-electron chi connectivity index (χ2n) is 5.55. The van der Waals surface area contributed by atoms with Gasteiger partial charge in [0.2, 0.25) is 0 Å². The van der Waals surface area contributed by atoms with Crippen LogP contribution in [-0.4, -0.2) is 12.4 Å². The maximum atomic E-state index is 12.5. The Morgan fingerprint density at radius 2 is 2.00 bits per heavy atom. The zero-order valence-corrected chi connectivity index (χ0v) is 13.8. The zero-order chi connectivity index (χ0) is 15.0. The van der Waals surface area contributed by atoms with E-state index in [0.29, 0.717) is 13.0 Å². The lowest BCUT2D eigenvalue weighted by molar-refractivity contribution is 0.0992. The van der Waals surface area contributed by atoms with Gasteiger partial charge in [-0.15, -0.1) is 0 Å². The summed E-state index contributed by atoms with van der Waals surface area (Å²) in [5.74, 6) is 1.03. The van der Waals surface area contributed by atoms with Crippen LogP contribution in [0.1, 0.15) is 32.6 Å². The molecule has 0 radical (unpaired) electrons. The summed E-state index contributed by atoms with van der Waals surface area (Å²) in [5, 5.41) is 0. The molecule has 1 aliphatic rings. The summed E-state index contributed by atoms with van der Waals surface area (Å²) in [7, 11) is 0. The summed E-state index contributed by atoms with van der Waals surface area (Å²) in [6.45, 7) is 4.79. The van der Waals surface area contributed by atoms with Crippen LogP contribution >= 0.6 is 15.9 Å². The van der Waals surface area contributed by atoms with E-state index in [1.54, 1.807) is 0 Å². The van der Waals surface area contributed by atoms with Gasteiger partial charge in [0.05, 0.1) is 6.61 Å². The van der Waals surface area contributed by atoms with Crippen LogP contribution in [-0.2, 0) is 12.8 Å². The van der Waals surface area contributed by atoms with Crippen molar-refractivity contribution in [2.75, 3.05) is 6.61 Å². The normalized spacial score (nSPS) is 12.9. The molecule has 2 nitrogen and oxygen atoms in total. The Bertz CT molecular complexity index is 719. The lowest BCUT2D eigenvalue weighted by Gasteiger charge is -2.09. The van der Waals surface area contributed by atoms with E-state index >= 15 is 0 Å². The molecule has 1 aliphatic heterocycles. The third-order valence-electron chi connectivity index (χ3n) is 4.01. The summed E-state index contributed by atoms with van der Waals surface area (Å²) >= 11 is 3.52. The van der Waals surface area contributed by atoms with Crippen LogP contribution in [0.4, 0.5) is 0 Å². The minimum absolute atomic E-state index is 0.133. The highest BCUT2D eigenvalue weighted by molar-refractivity contribution is 9.10. The number of aryl methyl sites for hydroxylation is 2. The lowest BCUT2D eigenvalue weighted by atomic mass is 9.98. The number of hydrogen-bond acceptors (Lipinski definition) is 2. The molecule has 0 N–H and O–H groups in total. The van der Waals surface area contributed by atoms with E-state index in [4.69, 9.17) is 4.74 Å². The van der Waals surface area contributed by atoms with Gasteiger partial charge in [0.15, 0.2) is 5.78 Å². The lowest BCUT2D eigenvalue weighted by Crippen LogP contribution is -2.05. The molecule has 21 heavy (non-hydrogen) atoms. The van der Waals surface area contributed by atoms with Crippen LogP contribution in [0.2, 0.25) is 0 Å². The summed E-state index contributed by atoms with van der Waals surface area (Å²) in [5.41, 5.74) is 5.28. The standard InChI is InChI=1S/C18H17BrO2/c1-11-3-4-13(7-12(11)2)17(20)10-15-9-16(19)8-14-5-6-21-18(14)15/h3-4,7-9H,5-6,10H2,1-2H3. The van der Waals surface area contributed by atoms with Crippen LogP contribution in [0.25, 0.3) is 0 Å². The van der Waals surface area contributed by atoms with Crippen molar-refractivity contribution in [2.24, 2.45) is 0 Å². The quantitative estimate of drug-likeness (QED) is 0.770. The van der Waals surface area contributed by atoms with E-state index in [1.165, 1.54) is 11.1 Å². The molecule has 0 amide bonds. The highest BCUT2D eigenvalue weighted by atomic mass is 79.9. The summed E-state index contributed by atoms with van der Waals surface area (Å²) in [6.07, 6.45) is 1.30. The van der Waals surface area contributed by atoms with Crippen molar-refractivity contribution in [1.29, 1.82) is 0 Å². The van der Waals surface area contributed by atoms with Gasteiger partial charge in [0.25, 0.3) is 0 Å². The van der Waals surface area contributed by atoms with Gasteiger partial charge in [-0.3, -0.25) is 4.79 Å². The molecule has 0 saturated heterocycles.